The predicted octanol–water partition coefficient (Wildman–Crippen LogP) is 3.77. The molecule has 254 valence electrons. The quantitative estimate of drug-likeness (QED) is 0.177. The number of anilines is 1. The first-order chi connectivity index (χ1) is 23.7. The Morgan fingerprint density at radius 2 is 1.63 bits per heavy atom. The number of imidazole rings is 1. The van der Waals surface area contributed by atoms with Crippen molar-refractivity contribution in [3.63, 3.8) is 0 Å². The zero-order valence-corrected chi connectivity index (χ0v) is 27.5. The van der Waals surface area contributed by atoms with Crippen molar-refractivity contribution in [1.82, 2.24) is 19.5 Å². The summed E-state index contributed by atoms with van der Waals surface area (Å²) < 4.78 is 32.3. The van der Waals surface area contributed by atoms with Crippen LogP contribution in [0.5, 0.6) is 11.5 Å². The molecule has 2 saturated heterocycles. The van der Waals surface area contributed by atoms with Crippen LogP contribution in [0, 0.1) is 5.92 Å². The van der Waals surface area contributed by atoms with Crippen molar-refractivity contribution in [1.29, 1.82) is 0 Å². The summed E-state index contributed by atoms with van der Waals surface area (Å²) in [5, 5.41) is 14.3. The molecule has 13 heteroatoms. The fourth-order valence-electron chi connectivity index (χ4n) is 6.48. The number of fused-ring (bicyclic) bond motifs is 3. The van der Waals surface area contributed by atoms with Gasteiger partial charge in [-0.25, -0.2) is 4.98 Å². The second kappa shape index (κ2) is 12.7. The first-order valence-electron chi connectivity index (χ1n) is 15.9. The van der Waals surface area contributed by atoms with Crippen molar-refractivity contribution in [3.05, 3.63) is 112 Å². The van der Waals surface area contributed by atoms with Crippen LogP contribution in [0.15, 0.2) is 90.0 Å². The number of aliphatic hydroxyl groups excluding tert-OH is 1. The van der Waals surface area contributed by atoms with Crippen molar-refractivity contribution < 1.29 is 33.6 Å². The molecule has 0 saturated carbocycles. The largest absolute Gasteiger partial charge is 0.497 e. The summed E-state index contributed by atoms with van der Waals surface area (Å²) in [5.74, 6) is 0.718. The van der Waals surface area contributed by atoms with Gasteiger partial charge < -0.3 is 28.8 Å². The first kappa shape index (κ1) is 32.5. The zero-order valence-electron chi connectivity index (χ0n) is 27.5. The van der Waals surface area contributed by atoms with E-state index in [1.54, 1.807) is 32.6 Å². The summed E-state index contributed by atoms with van der Waals surface area (Å²) in [6, 6.07) is 25.1. The summed E-state index contributed by atoms with van der Waals surface area (Å²) >= 11 is 0. The van der Waals surface area contributed by atoms with Gasteiger partial charge in [0.2, 0.25) is 11.9 Å². The second-order valence-corrected chi connectivity index (χ2v) is 12.5. The van der Waals surface area contributed by atoms with Crippen LogP contribution in [0.2, 0.25) is 0 Å². The molecule has 0 spiro atoms. The number of ether oxygens (including phenoxy) is 5. The number of hydrogen-bond acceptors (Lipinski definition) is 10. The molecule has 5 aromatic rings. The highest BCUT2D eigenvalue weighted by atomic mass is 16.7. The molecule has 0 aliphatic carbocycles. The lowest BCUT2D eigenvalue weighted by atomic mass is 9.79. The minimum Gasteiger partial charge on any atom is -0.497 e. The van der Waals surface area contributed by atoms with Crippen molar-refractivity contribution in [2.75, 3.05) is 32.8 Å². The predicted molar refractivity (Wildman–Crippen MR) is 178 cm³/mol. The van der Waals surface area contributed by atoms with Crippen LogP contribution < -0.4 is 20.3 Å². The summed E-state index contributed by atoms with van der Waals surface area (Å²) in [6.07, 6.45) is -1.39. The smallest absolute Gasteiger partial charge is 0.280 e. The van der Waals surface area contributed by atoms with Gasteiger partial charge in [0.25, 0.3) is 5.56 Å². The first-order valence-corrected chi connectivity index (χ1v) is 15.9. The number of aliphatic hydroxyl groups is 1. The molecular formula is C36H37N5O8. The summed E-state index contributed by atoms with van der Waals surface area (Å²) in [7, 11) is 3.23. The van der Waals surface area contributed by atoms with Crippen LogP contribution in [0.1, 0.15) is 36.8 Å². The monoisotopic (exact) mass is 667 g/mol. The maximum Gasteiger partial charge on any atom is 0.280 e. The topological polar surface area (TPSA) is 159 Å². The van der Waals surface area contributed by atoms with Gasteiger partial charge in [-0.1, -0.05) is 68.4 Å². The molecule has 49 heavy (non-hydrogen) atoms. The van der Waals surface area contributed by atoms with Gasteiger partial charge in [-0.3, -0.25) is 24.5 Å². The van der Waals surface area contributed by atoms with E-state index in [9.17, 15) is 14.7 Å². The number of H-pyrrole nitrogens is 1. The van der Waals surface area contributed by atoms with E-state index in [1.165, 1.54) is 6.33 Å². The average Bonchev–Trinajstić information content (AvgIpc) is 3.78. The lowest BCUT2D eigenvalue weighted by Crippen LogP contribution is -2.48. The van der Waals surface area contributed by atoms with Gasteiger partial charge in [-0.15, -0.1) is 0 Å². The fourth-order valence-corrected chi connectivity index (χ4v) is 6.48. The minimum atomic E-state index is -1.29. The number of hydrogen-bond donors (Lipinski definition) is 3. The van der Waals surface area contributed by atoms with Gasteiger partial charge >= 0.3 is 0 Å². The highest BCUT2D eigenvalue weighted by Gasteiger charge is 2.63. The zero-order chi connectivity index (χ0) is 34.3. The Hall–Kier alpha value is -5.08. The molecule has 3 N–H and O–H groups in total. The number of methoxy groups -OCH3 is 2. The molecule has 1 amide bonds. The van der Waals surface area contributed by atoms with Gasteiger partial charge in [0.15, 0.2) is 17.4 Å². The Bertz CT molecular complexity index is 1960. The summed E-state index contributed by atoms with van der Waals surface area (Å²) in [6.45, 7) is 3.44. The van der Waals surface area contributed by atoms with Crippen molar-refractivity contribution in [3.8, 4) is 11.5 Å². The molecule has 3 unspecified atom stereocenters. The molecule has 4 heterocycles. The second-order valence-electron chi connectivity index (χ2n) is 12.5. The third-order valence-electron chi connectivity index (χ3n) is 9.19. The van der Waals surface area contributed by atoms with E-state index in [0.717, 1.165) is 16.7 Å². The van der Waals surface area contributed by atoms with E-state index in [0.29, 0.717) is 11.5 Å². The molecular weight excluding hydrogens is 630 g/mol. The van der Waals surface area contributed by atoms with Crippen LogP contribution >= 0.6 is 0 Å². The standard InChI is InChI=1S/C36H37N5O8/c1-21(2)31(43)39-34-38-30-27(32(44)40-34)37-20-41(30)33-28-29(42)35(49-33,18-47-28)19-48-36(22-8-6-5-7-9-22,23-10-14-25(45-3)15-11-23)24-12-16-26(46-4)17-13-24/h5-17,20-21,28-29,33,42H,18-19H2,1-4H3,(H2,38,39,40,43,44)/t28?,29?,33?,35-/m1/s1. The molecule has 13 nitrogen and oxygen atoms in total. The Labute approximate surface area is 281 Å². The normalized spacial score (nSPS) is 21.7. The third-order valence-corrected chi connectivity index (χ3v) is 9.19. The molecule has 7 rings (SSSR count). The number of amides is 1. The van der Waals surface area contributed by atoms with Gasteiger partial charge in [-0.2, -0.15) is 4.98 Å². The minimum absolute atomic E-state index is 0.0211. The van der Waals surface area contributed by atoms with Crippen LogP contribution in [-0.4, -0.2) is 75.8 Å². The molecule has 2 aliphatic heterocycles. The van der Waals surface area contributed by atoms with Crippen molar-refractivity contribution in [2.45, 2.75) is 43.5 Å². The molecule has 2 fully saturated rings. The number of aromatic nitrogens is 4. The lowest BCUT2D eigenvalue weighted by molar-refractivity contribution is -0.202. The molecule has 2 bridgehead atoms. The fraction of sp³-hybridized carbons (Fsp3) is 0.333. The molecule has 0 radical (unpaired) electrons. The highest BCUT2D eigenvalue weighted by Crippen LogP contribution is 2.48. The van der Waals surface area contributed by atoms with Crippen LogP contribution in [0.3, 0.4) is 0 Å². The SMILES string of the molecule is COc1ccc(C(OC[C@@]23COC(C(n4cnc5c(=O)[nH]c(NC(=O)C(C)C)nc54)O2)C3O)(c2ccccc2)c2ccc(OC)cc2)cc1. The number of benzene rings is 3. The van der Waals surface area contributed by atoms with Crippen LogP contribution in [0.4, 0.5) is 5.95 Å². The number of nitrogens with zero attached hydrogens (tertiary/aromatic N) is 3. The lowest BCUT2D eigenvalue weighted by Gasteiger charge is -2.39. The van der Waals surface area contributed by atoms with E-state index in [4.69, 9.17) is 23.7 Å². The van der Waals surface area contributed by atoms with Crippen LogP contribution in [-0.2, 0) is 24.6 Å². The number of carbonyl (C=O) groups excluding carboxylic acids is 1. The van der Waals surface area contributed by atoms with E-state index >= 15 is 0 Å². The van der Waals surface area contributed by atoms with Crippen molar-refractivity contribution in [2.24, 2.45) is 5.92 Å². The van der Waals surface area contributed by atoms with E-state index in [2.05, 4.69) is 20.3 Å². The summed E-state index contributed by atoms with van der Waals surface area (Å²) in [4.78, 5) is 36.5. The third kappa shape index (κ3) is 5.54. The molecule has 4 atom stereocenters. The summed E-state index contributed by atoms with van der Waals surface area (Å²) in [5.41, 5.74) is -0.271. The average molecular weight is 668 g/mol. The molecule has 2 aliphatic rings. The van der Waals surface area contributed by atoms with E-state index < -0.39 is 35.2 Å². The van der Waals surface area contributed by atoms with Crippen molar-refractivity contribution >= 4 is 23.0 Å². The van der Waals surface area contributed by atoms with Gasteiger partial charge in [-0.05, 0) is 41.0 Å². The Morgan fingerprint density at radius 1 is 1.02 bits per heavy atom. The maximum absolute atomic E-state index is 12.9. The molecule has 2 aromatic heterocycles. The van der Waals surface area contributed by atoms with Gasteiger partial charge in [0.05, 0.1) is 33.8 Å². The Kier molecular flexibility index (Phi) is 8.45. The Balaban J connectivity index is 1.27. The number of carbonyl (C=O) groups is 1. The molecule has 3 aromatic carbocycles. The number of aromatic amines is 1. The maximum atomic E-state index is 12.9. The van der Waals surface area contributed by atoms with Gasteiger partial charge in [0.1, 0.15) is 34.9 Å². The Morgan fingerprint density at radius 3 is 2.22 bits per heavy atom. The number of nitrogens with one attached hydrogen (secondary N) is 2. The van der Waals surface area contributed by atoms with Gasteiger partial charge in [0, 0.05) is 5.92 Å². The number of rotatable bonds is 11. The van der Waals surface area contributed by atoms with Crippen LogP contribution in [0.25, 0.3) is 11.2 Å². The van der Waals surface area contributed by atoms with E-state index in [1.807, 2.05) is 78.9 Å². The van der Waals surface area contributed by atoms with E-state index in [-0.39, 0.29) is 42.2 Å². The highest BCUT2D eigenvalue weighted by molar-refractivity contribution is 5.91.